The van der Waals surface area contributed by atoms with Gasteiger partial charge < -0.3 is 15.5 Å². The van der Waals surface area contributed by atoms with Gasteiger partial charge in [0, 0.05) is 12.5 Å². The van der Waals surface area contributed by atoms with Gasteiger partial charge in [0.05, 0.1) is 0 Å². The molecule has 1 fully saturated rings. The predicted octanol–water partition coefficient (Wildman–Crippen LogP) is -0.119. The average Bonchev–Trinajstić information content (AvgIpc) is 2.87. The van der Waals surface area contributed by atoms with Crippen LogP contribution in [0.1, 0.15) is 32.1 Å². The zero-order valence-corrected chi connectivity index (χ0v) is 7.90. The first-order valence-electron chi connectivity index (χ1n) is 4.80. The minimum absolute atomic E-state index is 0.0508. The summed E-state index contributed by atoms with van der Waals surface area (Å²) < 4.78 is 0. The van der Waals surface area contributed by atoms with Crippen LogP contribution >= 0.6 is 0 Å². The maximum absolute atomic E-state index is 11.1. The second-order valence-electron chi connectivity index (χ2n) is 3.59. The summed E-state index contributed by atoms with van der Waals surface area (Å²) in [6.45, 7) is 0. The molecule has 1 aliphatic carbocycles. The fourth-order valence-electron chi connectivity index (χ4n) is 1.11. The number of nitrogens with one attached hydrogen (secondary N) is 1. The van der Waals surface area contributed by atoms with Crippen LogP contribution in [-0.4, -0.2) is 34.2 Å². The van der Waals surface area contributed by atoms with E-state index in [1.54, 1.807) is 0 Å². The van der Waals surface area contributed by atoms with E-state index in [9.17, 15) is 9.59 Å². The van der Waals surface area contributed by atoms with Gasteiger partial charge in [-0.2, -0.15) is 0 Å². The highest BCUT2D eigenvalue weighted by Crippen LogP contribution is 2.18. The van der Waals surface area contributed by atoms with Crippen molar-refractivity contribution in [3.8, 4) is 0 Å². The Kier molecular flexibility index (Phi) is 3.88. The van der Waals surface area contributed by atoms with Crippen LogP contribution in [0.25, 0.3) is 0 Å². The van der Waals surface area contributed by atoms with Gasteiger partial charge in [-0.25, -0.2) is 4.79 Å². The molecule has 1 amide bonds. The number of amides is 1. The zero-order valence-electron chi connectivity index (χ0n) is 7.90. The van der Waals surface area contributed by atoms with Crippen molar-refractivity contribution in [1.29, 1.82) is 0 Å². The van der Waals surface area contributed by atoms with Crippen LogP contribution in [0.2, 0.25) is 0 Å². The molecular formula is C9H15NO4. The number of aliphatic hydroxyl groups excluding tert-OH is 1. The van der Waals surface area contributed by atoms with E-state index >= 15 is 0 Å². The van der Waals surface area contributed by atoms with E-state index in [1.165, 1.54) is 0 Å². The van der Waals surface area contributed by atoms with Crippen LogP contribution in [0.3, 0.4) is 0 Å². The molecule has 1 rings (SSSR count). The monoisotopic (exact) mass is 201 g/mol. The largest absolute Gasteiger partial charge is 0.479 e. The molecule has 1 atom stereocenters. The highest BCUT2D eigenvalue weighted by molar-refractivity contribution is 5.76. The minimum atomic E-state index is -1.34. The normalized spacial score (nSPS) is 17.5. The summed E-state index contributed by atoms with van der Waals surface area (Å²) in [5.41, 5.74) is 0. The van der Waals surface area contributed by atoms with Crippen LogP contribution < -0.4 is 5.32 Å². The van der Waals surface area contributed by atoms with E-state index in [2.05, 4.69) is 5.32 Å². The van der Waals surface area contributed by atoms with Crippen molar-refractivity contribution in [2.45, 2.75) is 44.2 Å². The van der Waals surface area contributed by atoms with Gasteiger partial charge >= 0.3 is 5.97 Å². The Morgan fingerprint density at radius 1 is 1.43 bits per heavy atom. The van der Waals surface area contributed by atoms with Crippen molar-refractivity contribution >= 4 is 11.9 Å². The maximum Gasteiger partial charge on any atom is 0.332 e. The maximum atomic E-state index is 11.1. The summed E-state index contributed by atoms with van der Waals surface area (Å²) in [7, 11) is 0. The van der Waals surface area contributed by atoms with Gasteiger partial charge in [-0.1, -0.05) is 0 Å². The van der Waals surface area contributed by atoms with Crippen molar-refractivity contribution in [2.24, 2.45) is 0 Å². The lowest BCUT2D eigenvalue weighted by atomic mass is 10.1. The molecule has 0 aromatic heterocycles. The fraction of sp³-hybridized carbons (Fsp3) is 0.778. The number of rotatable bonds is 6. The molecule has 0 spiro atoms. The number of carboxylic acid groups (broad SMARTS) is 1. The Balaban J connectivity index is 2.01. The molecule has 14 heavy (non-hydrogen) atoms. The van der Waals surface area contributed by atoms with Crippen LogP contribution in [-0.2, 0) is 9.59 Å². The molecule has 1 aliphatic rings. The third-order valence-electron chi connectivity index (χ3n) is 2.11. The van der Waals surface area contributed by atoms with E-state index in [1.807, 2.05) is 0 Å². The van der Waals surface area contributed by atoms with Crippen molar-refractivity contribution < 1.29 is 19.8 Å². The molecule has 80 valence electrons. The van der Waals surface area contributed by atoms with Crippen molar-refractivity contribution in [1.82, 2.24) is 5.32 Å². The molecule has 0 bridgehead atoms. The van der Waals surface area contributed by atoms with E-state index in [0.29, 0.717) is 18.9 Å². The van der Waals surface area contributed by atoms with Crippen molar-refractivity contribution in [3.63, 3.8) is 0 Å². The van der Waals surface area contributed by atoms with E-state index < -0.39 is 12.1 Å². The standard InChI is InChI=1S/C9H15NO4/c11-7(9(13)14)2-1-3-8(12)10-6-4-5-6/h6-7,11H,1-5H2,(H,10,12)(H,13,14)/t7-/m0/s1. The van der Waals surface area contributed by atoms with Crippen molar-refractivity contribution in [2.75, 3.05) is 0 Å². The summed E-state index contributed by atoms with van der Waals surface area (Å²) in [6.07, 6.45) is 1.58. The zero-order chi connectivity index (χ0) is 10.6. The van der Waals surface area contributed by atoms with Gasteiger partial charge in [0.1, 0.15) is 0 Å². The van der Waals surface area contributed by atoms with Gasteiger partial charge in [-0.15, -0.1) is 0 Å². The second kappa shape index (κ2) is 4.95. The number of aliphatic carboxylic acids is 1. The smallest absolute Gasteiger partial charge is 0.332 e. The topological polar surface area (TPSA) is 86.6 Å². The Morgan fingerprint density at radius 3 is 2.57 bits per heavy atom. The number of aliphatic hydroxyl groups is 1. The fourth-order valence-corrected chi connectivity index (χ4v) is 1.11. The number of hydrogen-bond acceptors (Lipinski definition) is 3. The lowest BCUT2D eigenvalue weighted by Gasteiger charge is -2.05. The van der Waals surface area contributed by atoms with E-state index in [0.717, 1.165) is 12.8 Å². The number of hydrogen-bond donors (Lipinski definition) is 3. The lowest BCUT2D eigenvalue weighted by molar-refractivity contribution is -0.147. The molecule has 0 aliphatic heterocycles. The molecule has 5 nitrogen and oxygen atoms in total. The first kappa shape index (κ1) is 11.0. The molecule has 0 saturated heterocycles. The summed E-state index contributed by atoms with van der Waals surface area (Å²) in [4.78, 5) is 21.3. The number of carbonyl (C=O) groups is 2. The molecule has 5 heteroatoms. The minimum Gasteiger partial charge on any atom is -0.479 e. The number of carboxylic acids is 1. The van der Waals surface area contributed by atoms with Crippen LogP contribution in [0.5, 0.6) is 0 Å². The molecular weight excluding hydrogens is 186 g/mol. The van der Waals surface area contributed by atoms with Gasteiger partial charge in [0.15, 0.2) is 6.10 Å². The van der Waals surface area contributed by atoms with Gasteiger partial charge in [0.25, 0.3) is 0 Å². The van der Waals surface area contributed by atoms with Crippen LogP contribution in [0, 0.1) is 0 Å². The first-order chi connectivity index (χ1) is 6.59. The van der Waals surface area contributed by atoms with Crippen LogP contribution in [0.15, 0.2) is 0 Å². The Bertz CT molecular complexity index is 225. The molecule has 0 unspecified atom stereocenters. The van der Waals surface area contributed by atoms with Crippen LogP contribution in [0.4, 0.5) is 0 Å². The summed E-state index contributed by atoms with van der Waals surface area (Å²) in [5.74, 6) is -1.28. The molecule has 0 radical (unpaired) electrons. The van der Waals surface area contributed by atoms with Gasteiger partial charge in [0.2, 0.25) is 5.91 Å². The third kappa shape index (κ3) is 4.23. The van der Waals surface area contributed by atoms with Crippen molar-refractivity contribution in [3.05, 3.63) is 0 Å². The first-order valence-corrected chi connectivity index (χ1v) is 4.80. The lowest BCUT2D eigenvalue weighted by Crippen LogP contribution is -2.26. The highest BCUT2D eigenvalue weighted by Gasteiger charge is 2.23. The van der Waals surface area contributed by atoms with Gasteiger partial charge in [-0.05, 0) is 25.7 Å². The summed E-state index contributed by atoms with van der Waals surface area (Å²) in [5, 5.41) is 20.0. The molecule has 0 heterocycles. The molecule has 1 saturated carbocycles. The summed E-state index contributed by atoms with van der Waals surface area (Å²) in [6, 6.07) is 0.340. The Hall–Kier alpha value is -1.10. The summed E-state index contributed by atoms with van der Waals surface area (Å²) >= 11 is 0. The van der Waals surface area contributed by atoms with E-state index in [-0.39, 0.29) is 12.3 Å². The molecule has 0 aromatic carbocycles. The highest BCUT2D eigenvalue weighted by atomic mass is 16.4. The predicted molar refractivity (Wildman–Crippen MR) is 48.7 cm³/mol. The van der Waals surface area contributed by atoms with E-state index in [4.69, 9.17) is 10.2 Å². The SMILES string of the molecule is O=C(CCC[C@H](O)C(=O)O)NC1CC1. The number of carbonyl (C=O) groups excluding carboxylic acids is 1. The molecule has 0 aromatic rings. The average molecular weight is 201 g/mol. The Morgan fingerprint density at radius 2 is 2.07 bits per heavy atom. The molecule has 3 N–H and O–H groups in total. The quantitative estimate of drug-likeness (QED) is 0.559. The second-order valence-corrected chi connectivity index (χ2v) is 3.59. The van der Waals surface area contributed by atoms with Gasteiger partial charge in [-0.3, -0.25) is 4.79 Å². The Labute approximate surface area is 82.1 Å². The third-order valence-corrected chi connectivity index (χ3v) is 2.11.